The molecule has 0 radical (unpaired) electrons. The Kier molecular flexibility index (Phi) is 5.32. The molecule has 0 amide bonds. The van der Waals surface area contributed by atoms with Crippen molar-refractivity contribution in [3.05, 3.63) is 82.1 Å². The molecule has 4 aromatic rings. The van der Waals surface area contributed by atoms with Crippen LogP contribution in [0.4, 0.5) is 0 Å². The van der Waals surface area contributed by atoms with Gasteiger partial charge in [0, 0.05) is 20.8 Å². The van der Waals surface area contributed by atoms with Gasteiger partial charge < -0.3 is 4.74 Å². The van der Waals surface area contributed by atoms with E-state index in [0.717, 1.165) is 26.3 Å². The van der Waals surface area contributed by atoms with Crippen LogP contribution in [0.3, 0.4) is 0 Å². The second kappa shape index (κ2) is 8.06. The number of benzene rings is 2. The summed E-state index contributed by atoms with van der Waals surface area (Å²) >= 11 is 3.43. The number of carbonyl (C=O) groups excluding carboxylic acids is 1. The molecule has 0 N–H and O–H groups in total. The van der Waals surface area contributed by atoms with E-state index in [4.69, 9.17) is 4.74 Å². The normalized spacial score (nSPS) is 12.0. The zero-order chi connectivity index (χ0) is 20.4. The molecule has 0 aliphatic rings. The number of halogens is 1. The molecule has 2 aromatic carbocycles. The van der Waals surface area contributed by atoms with Crippen molar-refractivity contribution in [2.24, 2.45) is 0 Å². The minimum absolute atomic E-state index is 0.284. The Labute approximate surface area is 176 Å². The number of rotatable bonds is 5. The maximum absolute atomic E-state index is 12.9. The van der Waals surface area contributed by atoms with Gasteiger partial charge in [-0.05, 0) is 37.1 Å². The lowest BCUT2D eigenvalue weighted by atomic mass is 9.92. The third-order valence-corrected chi connectivity index (χ3v) is 5.49. The fourth-order valence-electron chi connectivity index (χ4n) is 3.59. The Hall–Kier alpha value is -3.17. The highest BCUT2D eigenvalue weighted by Gasteiger charge is 2.28. The summed E-state index contributed by atoms with van der Waals surface area (Å²) in [6.45, 7) is 2.07. The average Bonchev–Trinajstić information content (AvgIpc) is 3.12. The second-order valence-corrected chi connectivity index (χ2v) is 7.64. The molecule has 0 bridgehead atoms. The van der Waals surface area contributed by atoms with Crippen molar-refractivity contribution in [3.63, 3.8) is 0 Å². The summed E-state index contributed by atoms with van der Waals surface area (Å²) in [5.41, 5.74) is 2.79. The lowest BCUT2D eigenvalue weighted by Crippen LogP contribution is -2.19. The van der Waals surface area contributed by atoms with Gasteiger partial charge in [0.25, 0.3) is 0 Å². The summed E-state index contributed by atoms with van der Waals surface area (Å²) < 4.78 is 7.94. The number of hydrogen-bond donors (Lipinski definition) is 0. The maximum Gasteiger partial charge on any atom is 0.313 e. The number of esters is 1. The molecule has 4 rings (SSSR count). The summed E-state index contributed by atoms with van der Waals surface area (Å²) in [6, 6.07) is 19.8. The first-order valence-corrected chi connectivity index (χ1v) is 10.1. The summed E-state index contributed by atoms with van der Waals surface area (Å²) in [5, 5.41) is 16.3. The van der Waals surface area contributed by atoms with E-state index < -0.39 is 5.92 Å². The van der Waals surface area contributed by atoms with E-state index in [2.05, 4.69) is 27.1 Å². The van der Waals surface area contributed by atoms with Crippen LogP contribution in [-0.2, 0) is 16.0 Å². The van der Waals surface area contributed by atoms with Gasteiger partial charge in [-0.25, -0.2) is 4.52 Å². The van der Waals surface area contributed by atoms with Gasteiger partial charge >= 0.3 is 5.97 Å². The molecule has 0 fully saturated rings. The molecule has 144 valence electrons. The van der Waals surface area contributed by atoms with Gasteiger partial charge in [0.15, 0.2) is 0 Å². The molecular weight excluding hydrogens is 430 g/mol. The summed E-state index contributed by atoms with van der Waals surface area (Å²) in [7, 11) is 0. The summed E-state index contributed by atoms with van der Waals surface area (Å²) in [5.74, 6) is -0.932. The van der Waals surface area contributed by atoms with Gasteiger partial charge in [-0.3, -0.25) is 4.79 Å². The number of carbonyl (C=O) groups is 1. The van der Waals surface area contributed by atoms with Crippen molar-refractivity contribution in [2.45, 2.75) is 19.3 Å². The van der Waals surface area contributed by atoms with Gasteiger partial charge in [-0.15, -0.1) is 0 Å². The van der Waals surface area contributed by atoms with Crippen LogP contribution in [0.2, 0.25) is 0 Å². The third-order valence-electron chi connectivity index (χ3n) is 4.96. The van der Waals surface area contributed by atoms with Crippen molar-refractivity contribution in [3.8, 4) is 6.07 Å². The van der Waals surface area contributed by atoms with Crippen molar-refractivity contribution < 1.29 is 9.53 Å². The Morgan fingerprint density at radius 3 is 2.72 bits per heavy atom. The highest BCUT2D eigenvalue weighted by Crippen LogP contribution is 2.31. The quantitative estimate of drug-likeness (QED) is 0.403. The number of nitriles is 1. The van der Waals surface area contributed by atoms with Crippen molar-refractivity contribution in [1.82, 2.24) is 9.61 Å². The Morgan fingerprint density at radius 2 is 2.00 bits per heavy atom. The van der Waals surface area contributed by atoms with Crippen LogP contribution in [0.25, 0.3) is 16.3 Å². The van der Waals surface area contributed by atoms with Gasteiger partial charge in [0.05, 0.1) is 24.2 Å². The van der Waals surface area contributed by atoms with Crippen molar-refractivity contribution >= 4 is 38.2 Å². The topological polar surface area (TPSA) is 67.4 Å². The molecule has 0 spiro atoms. The SMILES string of the molecule is CCOC(=O)[C@@H](Cc1ccc(Br)cc1)c1cc2c3ccccc3cnn2c1C#N. The molecule has 2 heterocycles. The molecule has 1 atom stereocenters. The number of ether oxygens (including phenoxy) is 1. The second-order valence-electron chi connectivity index (χ2n) is 6.72. The third kappa shape index (κ3) is 3.62. The molecular formula is C23H18BrN3O2. The monoisotopic (exact) mass is 447 g/mol. The van der Waals surface area contributed by atoms with E-state index in [9.17, 15) is 10.1 Å². The van der Waals surface area contributed by atoms with E-state index in [0.29, 0.717) is 17.7 Å². The van der Waals surface area contributed by atoms with E-state index in [1.165, 1.54) is 0 Å². The number of fused-ring (bicyclic) bond motifs is 3. The summed E-state index contributed by atoms with van der Waals surface area (Å²) in [6.07, 6.45) is 2.18. The van der Waals surface area contributed by atoms with Crippen LogP contribution in [0.5, 0.6) is 0 Å². The van der Waals surface area contributed by atoms with Crippen molar-refractivity contribution in [1.29, 1.82) is 5.26 Å². The lowest BCUT2D eigenvalue weighted by Gasteiger charge is -2.15. The predicted molar refractivity (Wildman–Crippen MR) is 115 cm³/mol. The highest BCUT2D eigenvalue weighted by atomic mass is 79.9. The van der Waals surface area contributed by atoms with E-state index in [-0.39, 0.29) is 12.6 Å². The van der Waals surface area contributed by atoms with Gasteiger partial charge in [-0.2, -0.15) is 10.4 Å². The zero-order valence-electron chi connectivity index (χ0n) is 15.8. The van der Waals surface area contributed by atoms with Crippen LogP contribution >= 0.6 is 15.9 Å². The highest BCUT2D eigenvalue weighted by molar-refractivity contribution is 9.10. The lowest BCUT2D eigenvalue weighted by molar-refractivity contribution is -0.144. The molecule has 0 saturated heterocycles. The number of aromatic nitrogens is 2. The fraction of sp³-hybridized carbons (Fsp3) is 0.174. The number of nitrogens with zero attached hydrogens (tertiary/aromatic N) is 3. The molecule has 0 aliphatic carbocycles. The van der Waals surface area contributed by atoms with Crippen molar-refractivity contribution in [2.75, 3.05) is 6.61 Å². The first-order valence-electron chi connectivity index (χ1n) is 9.33. The minimum atomic E-state index is -0.591. The van der Waals surface area contributed by atoms with E-state index in [1.54, 1.807) is 17.6 Å². The standard InChI is InChI=1S/C23H18BrN3O2/c1-2-29-23(28)20(11-15-7-9-17(24)10-8-15)19-12-21-18-6-4-3-5-16(18)14-26-27(21)22(19)13-25/h3-10,12,14,20H,2,11H2,1H3/t20-/m0/s1. The molecule has 2 aromatic heterocycles. The number of hydrogen-bond acceptors (Lipinski definition) is 4. The molecule has 0 saturated carbocycles. The minimum Gasteiger partial charge on any atom is -0.466 e. The smallest absolute Gasteiger partial charge is 0.313 e. The average molecular weight is 448 g/mol. The van der Waals surface area contributed by atoms with Crippen LogP contribution in [0.1, 0.15) is 29.7 Å². The molecule has 5 nitrogen and oxygen atoms in total. The maximum atomic E-state index is 12.9. The van der Waals surface area contributed by atoms with E-state index in [1.807, 2.05) is 54.6 Å². The molecule has 6 heteroatoms. The van der Waals surface area contributed by atoms with Crippen LogP contribution < -0.4 is 0 Å². The largest absolute Gasteiger partial charge is 0.466 e. The van der Waals surface area contributed by atoms with Gasteiger partial charge in [0.1, 0.15) is 11.8 Å². The predicted octanol–water partition coefficient (Wildman–Crippen LogP) is 5.01. The molecule has 0 aliphatic heterocycles. The molecule has 0 unspecified atom stereocenters. The zero-order valence-corrected chi connectivity index (χ0v) is 17.4. The Bertz CT molecular complexity index is 1240. The first-order chi connectivity index (χ1) is 14.1. The van der Waals surface area contributed by atoms with Gasteiger partial charge in [-0.1, -0.05) is 52.3 Å². The Balaban J connectivity index is 1.88. The van der Waals surface area contributed by atoms with Crippen LogP contribution in [0, 0.1) is 11.3 Å². The Morgan fingerprint density at radius 1 is 1.24 bits per heavy atom. The van der Waals surface area contributed by atoms with Crippen LogP contribution in [0.15, 0.2) is 65.3 Å². The summed E-state index contributed by atoms with van der Waals surface area (Å²) in [4.78, 5) is 12.9. The van der Waals surface area contributed by atoms with E-state index >= 15 is 0 Å². The molecule has 29 heavy (non-hydrogen) atoms. The first kappa shape index (κ1) is 19.2. The van der Waals surface area contributed by atoms with Crippen LogP contribution in [-0.4, -0.2) is 22.2 Å². The fourth-order valence-corrected chi connectivity index (χ4v) is 3.86. The van der Waals surface area contributed by atoms with Gasteiger partial charge in [0.2, 0.25) is 0 Å².